The number of nitrogens with zero attached hydrogens (tertiary/aromatic N) is 1. The highest BCUT2D eigenvalue weighted by atomic mass is 32.1. The van der Waals surface area contributed by atoms with Gasteiger partial charge in [0.2, 0.25) is 0 Å². The van der Waals surface area contributed by atoms with Gasteiger partial charge in [0.15, 0.2) is 11.5 Å². The average molecular weight is 389 g/mol. The Morgan fingerprint density at radius 3 is 2.69 bits per heavy atom. The maximum absolute atomic E-state index is 5.60. The number of hydrogen-bond donors (Lipinski definition) is 1. The highest BCUT2D eigenvalue weighted by molar-refractivity contribution is 7.09. The molecular weight excluding hydrogens is 364 g/mol. The van der Waals surface area contributed by atoms with Crippen LogP contribution in [-0.2, 0) is 13.0 Å². The number of hydrogen-bond acceptors (Lipinski definition) is 6. The Labute approximate surface area is 162 Å². The molecule has 138 valence electrons. The molecule has 0 aliphatic heterocycles. The number of aromatic nitrogens is 1. The van der Waals surface area contributed by atoms with Gasteiger partial charge in [0.05, 0.1) is 19.8 Å². The highest BCUT2D eigenvalue weighted by Crippen LogP contribution is 2.29. The molecule has 1 atom stereocenters. The Morgan fingerprint density at radius 1 is 1.15 bits per heavy atom. The van der Waals surface area contributed by atoms with E-state index in [0.717, 1.165) is 40.7 Å². The molecule has 3 aromatic rings. The van der Waals surface area contributed by atoms with E-state index in [1.165, 1.54) is 5.56 Å². The van der Waals surface area contributed by atoms with E-state index in [2.05, 4.69) is 33.6 Å². The van der Waals surface area contributed by atoms with Gasteiger partial charge in [-0.3, -0.25) is 0 Å². The van der Waals surface area contributed by atoms with E-state index in [9.17, 15) is 0 Å². The summed E-state index contributed by atoms with van der Waals surface area (Å²) in [6, 6.07) is 8.46. The Morgan fingerprint density at radius 2 is 2.04 bits per heavy atom. The predicted molar refractivity (Wildman–Crippen MR) is 109 cm³/mol. The molecule has 0 saturated heterocycles. The third kappa shape index (κ3) is 4.84. The van der Waals surface area contributed by atoms with Crippen LogP contribution in [0.2, 0.25) is 0 Å². The lowest BCUT2D eigenvalue weighted by molar-refractivity contribution is 0.310. The molecule has 0 saturated carbocycles. The average Bonchev–Trinajstić information content (AvgIpc) is 3.31. The van der Waals surface area contributed by atoms with E-state index in [1.54, 1.807) is 29.8 Å². The molecule has 1 N–H and O–H groups in total. The fourth-order valence-electron chi connectivity index (χ4n) is 2.76. The van der Waals surface area contributed by atoms with Gasteiger partial charge in [0, 0.05) is 17.6 Å². The van der Waals surface area contributed by atoms with Crippen LogP contribution in [0.5, 0.6) is 11.5 Å². The van der Waals surface area contributed by atoms with Gasteiger partial charge in [-0.25, -0.2) is 4.98 Å². The van der Waals surface area contributed by atoms with Crippen molar-refractivity contribution in [1.29, 1.82) is 0 Å². The summed E-state index contributed by atoms with van der Waals surface area (Å²) in [6.45, 7) is 5.38. The molecule has 0 aliphatic rings. The molecule has 0 spiro atoms. The summed E-state index contributed by atoms with van der Waals surface area (Å²) < 4.78 is 11.1. The zero-order chi connectivity index (χ0) is 18.4. The molecule has 4 nitrogen and oxygen atoms in total. The number of nitrogens with one attached hydrogen (secondary N) is 1. The second kappa shape index (κ2) is 9.16. The number of ether oxygens (including phenoxy) is 2. The largest absolute Gasteiger partial charge is 0.493 e. The molecule has 2 heterocycles. The minimum atomic E-state index is 0.195. The third-order valence-corrected chi connectivity index (χ3v) is 5.84. The first-order valence-corrected chi connectivity index (χ1v) is 10.5. The number of thiazole rings is 1. The van der Waals surface area contributed by atoms with Crippen molar-refractivity contribution in [1.82, 2.24) is 10.3 Å². The Bertz CT molecular complexity index is 815. The second-order valence-electron chi connectivity index (χ2n) is 6.01. The van der Waals surface area contributed by atoms with Gasteiger partial charge >= 0.3 is 0 Å². The zero-order valence-corrected chi connectivity index (χ0v) is 17.0. The van der Waals surface area contributed by atoms with Crippen molar-refractivity contribution in [3.63, 3.8) is 0 Å². The molecule has 3 rings (SSSR count). The summed E-state index contributed by atoms with van der Waals surface area (Å²) in [5.74, 6) is 1.55. The lowest BCUT2D eigenvalue weighted by Gasteiger charge is -2.17. The fraction of sp³-hybridized carbons (Fsp3) is 0.350. The molecule has 0 fully saturated rings. The van der Waals surface area contributed by atoms with Gasteiger partial charge in [-0.1, -0.05) is 6.07 Å². The van der Waals surface area contributed by atoms with Crippen molar-refractivity contribution < 1.29 is 9.47 Å². The lowest BCUT2D eigenvalue weighted by Crippen LogP contribution is -2.23. The van der Waals surface area contributed by atoms with E-state index >= 15 is 0 Å². The molecule has 0 bridgehead atoms. The van der Waals surface area contributed by atoms with Crippen LogP contribution in [-0.4, -0.2) is 18.7 Å². The molecular formula is C20H24N2O2S2. The van der Waals surface area contributed by atoms with Crippen molar-refractivity contribution in [2.45, 2.75) is 32.9 Å². The molecule has 0 radical (unpaired) electrons. The first kappa shape index (κ1) is 18.9. The number of rotatable bonds is 9. The lowest BCUT2D eigenvalue weighted by atomic mass is 10.1. The van der Waals surface area contributed by atoms with E-state index in [4.69, 9.17) is 14.5 Å². The zero-order valence-electron chi connectivity index (χ0n) is 15.3. The molecule has 0 amide bonds. The number of thiophene rings is 1. The summed E-state index contributed by atoms with van der Waals surface area (Å²) in [5.41, 5.74) is 3.57. The first-order valence-electron chi connectivity index (χ1n) is 8.65. The quantitative estimate of drug-likeness (QED) is 0.560. The van der Waals surface area contributed by atoms with Gasteiger partial charge in [-0.2, -0.15) is 11.3 Å². The van der Waals surface area contributed by atoms with Crippen molar-refractivity contribution in [3.05, 3.63) is 62.2 Å². The maximum Gasteiger partial charge on any atom is 0.161 e. The first-order chi connectivity index (χ1) is 12.7. The van der Waals surface area contributed by atoms with Gasteiger partial charge in [0.25, 0.3) is 0 Å². The Kier molecular flexibility index (Phi) is 6.66. The molecule has 0 unspecified atom stereocenters. The van der Waals surface area contributed by atoms with Crippen molar-refractivity contribution in [2.75, 3.05) is 13.7 Å². The molecule has 26 heavy (non-hydrogen) atoms. The minimum absolute atomic E-state index is 0.195. The maximum atomic E-state index is 5.60. The normalized spacial score (nSPS) is 12.1. The van der Waals surface area contributed by atoms with E-state index < -0.39 is 0 Å². The SMILES string of the molecule is CCOc1ccc(CN[C@H](Cc2ccsc2)c2nc(C)cs2)cc1OC. The van der Waals surface area contributed by atoms with Crippen LogP contribution in [0.3, 0.4) is 0 Å². The number of aryl methyl sites for hydroxylation is 1. The molecule has 6 heteroatoms. The van der Waals surface area contributed by atoms with Crippen LogP contribution in [0.1, 0.15) is 34.8 Å². The smallest absolute Gasteiger partial charge is 0.161 e. The van der Waals surface area contributed by atoms with Crippen LogP contribution >= 0.6 is 22.7 Å². The van der Waals surface area contributed by atoms with Crippen LogP contribution in [0, 0.1) is 6.92 Å². The van der Waals surface area contributed by atoms with Crippen LogP contribution in [0.15, 0.2) is 40.4 Å². The molecule has 0 aliphatic carbocycles. The second-order valence-corrected chi connectivity index (χ2v) is 7.68. The number of methoxy groups -OCH3 is 1. The van der Waals surface area contributed by atoms with E-state index in [0.29, 0.717) is 6.61 Å². The topological polar surface area (TPSA) is 43.4 Å². The molecule has 1 aromatic carbocycles. The Balaban J connectivity index is 1.73. The van der Waals surface area contributed by atoms with E-state index in [-0.39, 0.29) is 6.04 Å². The highest BCUT2D eigenvalue weighted by Gasteiger charge is 2.16. The predicted octanol–water partition coefficient (Wildman–Crippen LogP) is 4.99. The summed E-state index contributed by atoms with van der Waals surface area (Å²) >= 11 is 3.45. The third-order valence-electron chi connectivity index (χ3n) is 4.04. The molecule has 2 aromatic heterocycles. The summed E-state index contributed by atoms with van der Waals surface area (Å²) in [4.78, 5) is 4.69. The van der Waals surface area contributed by atoms with Gasteiger partial charge in [-0.05, 0) is 60.4 Å². The van der Waals surface area contributed by atoms with Crippen molar-refractivity contribution in [3.8, 4) is 11.5 Å². The summed E-state index contributed by atoms with van der Waals surface area (Å²) in [6.07, 6.45) is 0.935. The fourth-order valence-corrected chi connectivity index (χ4v) is 4.31. The minimum Gasteiger partial charge on any atom is -0.493 e. The number of benzene rings is 1. The standard InChI is InChI=1S/C20H24N2O2S2/c1-4-24-18-6-5-15(10-19(18)23-3)11-21-17(9-16-7-8-25-13-16)20-22-14(2)12-26-20/h5-8,10,12-13,17,21H,4,9,11H2,1-3H3/t17-/m1/s1. The van der Waals surface area contributed by atoms with Gasteiger partial charge in [-0.15, -0.1) is 11.3 Å². The van der Waals surface area contributed by atoms with Crippen LogP contribution in [0.4, 0.5) is 0 Å². The van der Waals surface area contributed by atoms with Gasteiger partial charge in [0.1, 0.15) is 5.01 Å². The van der Waals surface area contributed by atoms with Crippen LogP contribution in [0.25, 0.3) is 0 Å². The summed E-state index contributed by atoms with van der Waals surface area (Å²) in [5, 5.41) is 11.2. The van der Waals surface area contributed by atoms with E-state index in [1.807, 2.05) is 26.0 Å². The van der Waals surface area contributed by atoms with Gasteiger partial charge < -0.3 is 14.8 Å². The van der Waals surface area contributed by atoms with Crippen molar-refractivity contribution in [2.24, 2.45) is 0 Å². The van der Waals surface area contributed by atoms with Crippen LogP contribution < -0.4 is 14.8 Å². The Hall–Kier alpha value is -1.89. The monoisotopic (exact) mass is 388 g/mol. The summed E-state index contributed by atoms with van der Waals surface area (Å²) in [7, 11) is 1.67. The van der Waals surface area contributed by atoms with Crippen molar-refractivity contribution >= 4 is 22.7 Å².